The summed E-state index contributed by atoms with van der Waals surface area (Å²) in [5, 5.41) is 21.5. The Bertz CT molecular complexity index is 2090. The molecule has 0 bridgehead atoms. The highest BCUT2D eigenvalue weighted by molar-refractivity contribution is 5.93. The summed E-state index contributed by atoms with van der Waals surface area (Å²) in [6, 6.07) is 13.8. The van der Waals surface area contributed by atoms with Crippen LogP contribution in [0, 0.1) is 23.0 Å². The number of hydrogen-bond donors (Lipinski definition) is 7. The molecule has 70 heavy (non-hydrogen) atoms. The maximum absolute atomic E-state index is 14.2. The predicted molar refractivity (Wildman–Crippen MR) is 270 cm³/mol. The molecule has 2 aromatic carbocycles. The van der Waals surface area contributed by atoms with E-state index in [1.165, 1.54) is 28.0 Å². The maximum Gasteiger partial charge on any atom is 0.246 e. The first-order valence-electron chi connectivity index (χ1n) is 24.8. The summed E-state index contributed by atoms with van der Waals surface area (Å²) < 4.78 is 11.7. The second-order valence-corrected chi connectivity index (χ2v) is 20.0. The van der Waals surface area contributed by atoms with Crippen molar-refractivity contribution < 1.29 is 43.3 Å². The van der Waals surface area contributed by atoms with Crippen LogP contribution in [0.1, 0.15) is 135 Å². The van der Waals surface area contributed by atoms with Gasteiger partial charge in [-0.15, -0.1) is 0 Å². The smallest absolute Gasteiger partial charge is 0.246 e. The third kappa shape index (κ3) is 16.4. The summed E-state index contributed by atoms with van der Waals surface area (Å²) in [7, 11) is 2.65. The molecule has 2 aromatic rings. The van der Waals surface area contributed by atoms with Crippen LogP contribution >= 0.6 is 0 Å². The van der Waals surface area contributed by atoms with Crippen LogP contribution in [0.2, 0.25) is 0 Å². The molecule has 2 aliphatic heterocycles. The number of carbonyl (C=O) groups excluding carboxylic acids is 6. The first-order valence-corrected chi connectivity index (χ1v) is 24.8. The van der Waals surface area contributed by atoms with Gasteiger partial charge in [-0.25, -0.2) is 0 Å². The average Bonchev–Trinajstić information content (AvgIpc) is 3.95. The molecule has 2 fully saturated rings. The van der Waals surface area contributed by atoms with Crippen molar-refractivity contribution in [3.63, 3.8) is 0 Å². The van der Waals surface area contributed by atoms with Gasteiger partial charge in [0.05, 0.1) is 38.3 Å². The lowest BCUT2D eigenvalue weighted by molar-refractivity contribution is -0.144. The fourth-order valence-corrected chi connectivity index (χ4v) is 9.37. The number of ether oxygens (including phenoxy) is 2. The number of aliphatic hydroxyl groups excluding tert-OH is 1. The Morgan fingerprint density at radius 2 is 1.23 bits per heavy atom. The monoisotopic (exact) mass is 975 g/mol. The zero-order chi connectivity index (χ0) is 52.2. The largest absolute Gasteiger partial charge is 0.439 e. The molecular weight excluding hydrogens is 893 g/mol. The van der Waals surface area contributed by atoms with E-state index in [4.69, 9.17) is 20.3 Å². The fourth-order valence-electron chi connectivity index (χ4n) is 9.37. The van der Waals surface area contributed by atoms with E-state index >= 15 is 0 Å². The number of benzene rings is 2. The lowest BCUT2D eigenvalue weighted by atomic mass is 9.85. The summed E-state index contributed by atoms with van der Waals surface area (Å²) in [4.78, 5) is 80.1. The minimum absolute atomic E-state index is 0.0416. The highest BCUT2D eigenvalue weighted by Crippen LogP contribution is 2.33. The number of likely N-dealkylation sites (tertiary alicyclic amines) is 2. The number of carbonyl (C=O) groups is 6. The van der Waals surface area contributed by atoms with E-state index in [9.17, 15) is 28.8 Å². The van der Waals surface area contributed by atoms with Crippen molar-refractivity contribution in [2.75, 3.05) is 40.3 Å². The molecule has 0 spiro atoms. The van der Waals surface area contributed by atoms with E-state index in [0.29, 0.717) is 6.42 Å². The van der Waals surface area contributed by atoms with Gasteiger partial charge in [-0.2, -0.15) is 0 Å². The van der Waals surface area contributed by atoms with E-state index in [1.807, 2.05) is 86.6 Å². The van der Waals surface area contributed by atoms with Crippen LogP contribution in [0.15, 0.2) is 48.5 Å². The second kappa shape index (κ2) is 28.2. The summed E-state index contributed by atoms with van der Waals surface area (Å²) >= 11 is 0. The van der Waals surface area contributed by atoms with Crippen LogP contribution in [-0.4, -0.2) is 128 Å². The van der Waals surface area contributed by atoms with Crippen molar-refractivity contribution in [1.82, 2.24) is 36.4 Å². The minimum Gasteiger partial charge on any atom is -0.439 e. The lowest BCUT2D eigenvalue weighted by Gasteiger charge is -2.36. The van der Waals surface area contributed by atoms with Crippen LogP contribution in [0.4, 0.5) is 0 Å². The molecule has 17 heteroatoms. The summed E-state index contributed by atoms with van der Waals surface area (Å²) in [6.45, 7) is 17.4. The molecule has 8 unspecified atom stereocenters. The van der Waals surface area contributed by atoms with Crippen molar-refractivity contribution in [3.8, 4) is 12.2 Å². The third-order valence-electron chi connectivity index (χ3n) is 12.8. The van der Waals surface area contributed by atoms with Gasteiger partial charge in [-0.3, -0.25) is 28.8 Å². The minimum atomic E-state index is -0.890. The molecule has 388 valence electrons. The zero-order valence-corrected chi connectivity index (χ0v) is 43.5. The summed E-state index contributed by atoms with van der Waals surface area (Å²) in [5.41, 5.74) is 9.28. The first-order chi connectivity index (χ1) is 33.4. The van der Waals surface area contributed by atoms with Gasteiger partial charge >= 0.3 is 0 Å². The van der Waals surface area contributed by atoms with Gasteiger partial charge in [0.15, 0.2) is 12.2 Å². The number of likely N-dealkylation sites (N-methyl/N-ethyl adjacent to an activating group) is 1. The maximum atomic E-state index is 14.2. The molecule has 0 saturated carbocycles. The standard InChI is InChI=1S/C39H59N7O7.C11H13NO.C2H6.CH4O/c1-24-18-26(22-45(24)36(50)33(38(2,3)4)43-31(47)20-40)52-16-17-53-27-19-30(35(49)42-29-15-11-13-25-12-9-10-14-28(25)29)46(23-27)37(51)34(39(5,6)7)44-32(48)21-41-8;13-8-12-11-7-3-5-9-4-1-2-6-10(9)11;2*1-2/h9-10,12,14,24,26-27,29-30,33-34,41H,11,13,15,18-23,40H2,1-8H3,(H,42,49)(H,43,47)(H,44,48);1-2,4,6,8,11H,3,5,7H2,(H,12,13);1-2H3;2H,1H3. The van der Waals surface area contributed by atoms with Crippen LogP contribution in [-0.2, 0) is 51.1 Å². The van der Waals surface area contributed by atoms with E-state index in [-0.39, 0.29) is 80.5 Å². The Hall–Kier alpha value is -5.70. The predicted octanol–water partition coefficient (Wildman–Crippen LogP) is 3.78. The van der Waals surface area contributed by atoms with Gasteiger partial charge in [0, 0.05) is 26.0 Å². The molecule has 6 rings (SSSR count). The number of nitrogens with zero attached hydrogens (tertiary/aromatic N) is 2. The van der Waals surface area contributed by atoms with Crippen molar-refractivity contribution in [2.45, 2.75) is 162 Å². The number of aliphatic hydroxyl groups is 1. The highest BCUT2D eigenvalue weighted by Gasteiger charge is 2.46. The van der Waals surface area contributed by atoms with Gasteiger partial charge in [0.1, 0.15) is 30.3 Å². The molecule has 17 nitrogen and oxygen atoms in total. The summed E-state index contributed by atoms with van der Waals surface area (Å²) in [5.74, 6) is -1.60. The molecule has 0 radical (unpaired) electrons. The van der Waals surface area contributed by atoms with E-state index in [1.54, 1.807) is 11.9 Å². The van der Waals surface area contributed by atoms with Gasteiger partial charge in [0.25, 0.3) is 0 Å². The van der Waals surface area contributed by atoms with Gasteiger partial charge in [-0.1, -0.05) is 104 Å². The molecule has 2 heterocycles. The van der Waals surface area contributed by atoms with Gasteiger partial charge in [-0.05, 0) is 85.6 Å². The fraction of sp³-hybridized carbons (Fsp3) is 0.623. The van der Waals surface area contributed by atoms with Crippen molar-refractivity contribution >= 4 is 35.9 Å². The number of nitrogens with two attached hydrogens (primary N) is 1. The molecule has 2 aliphatic carbocycles. The van der Waals surface area contributed by atoms with Gasteiger partial charge < -0.3 is 56.7 Å². The molecule has 4 aliphatic rings. The topological polar surface area (TPSA) is 234 Å². The Morgan fingerprint density at radius 1 is 0.757 bits per heavy atom. The number of rotatable bonds is 13. The quantitative estimate of drug-likeness (QED) is 0.113. The number of amides is 6. The third-order valence-corrected chi connectivity index (χ3v) is 12.8. The van der Waals surface area contributed by atoms with Crippen LogP contribution in [0.5, 0.6) is 0 Å². The molecule has 2 saturated heterocycles. The Labute approximate surface area is 416 Å². The van der Waals surface area contributed by atoms with Crippen LogP contribution < -0.4 is 32.3 Å². The Morgan fingerprint density at radius 3 is 1.74 bits per heavy atom. The van der Waals surface area contributed by atoms with Crippen molar-refractivity contribution in [2.24, 2.45) is 16.6 Å². The molecule has 6 amide bonds. The number of hydrogen-bond acceptors (Lipinski definition) is 11. The van der Waals surface area contributed by atoms with E-state index in [2.05, 4.69) is 63.1 Å². The molecular formula is C53H82N8O9. The number of aryl methyl sites for hydroxylation is 2. The SMILES string of the molecule is CC.CNCC(=O)NC(C(=O)N1CC(OC#COC2CC(C)N(C(=O)C(NC(=O)CN)C(C)(C)C)C2)CC1C(=O)NC1CCCc2ccccc21)C(C)(C)C.CO.O=CNC1CCCc2ccccc21. The van der Waals surface area contributed by atoms with Gasteiger partial charge in [0.2, 0.25) is 35.9 Å². The number of fused-ring (bicyclic) bond motifs is 2. The van der Waals surface area contributed by atoms with E-state index in [0.717, 1.165) is 51.2 Å². The number of nitrogens with one attached hydrogen (secondary N) is 5. The zero-order valence-electron chi connectivity index (χ0n) is 43.5. The second-order valence-electron chi connectivity index (χ2n) is 20.0. The van der Waals surface area contributed by atoms with E-state index < -0.39 is 41.0 Å². The Kier molecular flexibility index (Phi) is 23.6. The molecule has 8 N–H and O–H groups in total. The first kappa shape index (κ1) is 58.6. The normalized spacial score (nSPS) is 22.0. The van der Waals surface area contributed by atoms with Crippen molar-refractivity contribution in [3.05, 3.63) is 70.8 Å². The Balaban J connectivity index is 0.000000642. The molecule has 8 atom stereocenters. The van der Waals surface area contributed by atoms with Crippen molar-refractivity contribution in [1.29, 1.82) is 0 Å². The van der Waals surface area contributed by atoms with Crippen LogP contribution in [0.25, 0.3) is 0 Å². The summed E-state index contributed by atoms with van der Waals surface area (Å²) in [6.07, 6.45) is 11.9. The highest BCUT2D eigenvalue weighted by atomic mass is 16.5. The lowest BCUT2D eigenvalue weighted by Crippen LogP contribution is -2.58. The van der Waals surface area contributed by atoms with Crippen LogP contribution in [0.3, 0.4) is 0 Å². The average molecular weight is 975 g/mol. The molecule has 0 aromatic heterocycles.